The number of aryl methyl sites for hydroxylation is 2. The lowest BCUT2D eigenvalue weighted by molar-refractivity contribution is -0.113. The second-order valence-electron chi connectivity index (χ2n) is 10.3. The molecule has 0 unspecified atom stereocenters. The molecule has 0 spiro atoms. The van der Waals surface area contributed by atoms with Crippen LogP contribution in [0, 0.1) is 17.4 Å². The fraction of sp³-hybridized carbons (Fsp3) is 0.206. The van der Waals surface area contributed by atoms with Crippen molar-refractivity contribution in [2.45, 2.75) is 26.8 Å². The van der Waals surface area contributed by atoms with E-state index in [0.29, 0.717) is 50.1 Å². The third kappa shape index (κ3) is 6.22. The molecule has 1 amide bonds. The zero-order valence-electron chi connectivity index (χ0n) is 25.1. The molecule has 1 aliphatic rings. The quantitative estimate of drug-likeness (QED) is 0.178. The fourth-order valence-corrected chi connectivity index (χ4v) is 6.94. The van der Waals surface area contributed by atoms with Gasteiger partial charge in [-0.25, -0.2) is 4.99 Å². The smallest absolute Gasteiger partial charge is 0.271 e. The number of fused-ring (bicyclic) bond motifs is 1. The Balaban J connectivity index is 1.64. The van der Waals surface area contributed by atoms with E-state index in [9.17, 15) is 9.59 Å². The summed E-state index contributed by atoms with van der Waals surface area (Å²) < 4.78 is 19.7. The number of ether oxygens (including phenoxy) is 3. The second-order valence-corrected chi connectivity index (χ2v) is 12.4. The SMILES string of the molecule is C=CCOc1c(I)cc(/C=c2\sc3n(c2=O)[C@H](c2ccc(OC)cc2)C(C(=O)Nc2ccc(C)cc2C)=C(C)N=3)cc1OC. The molecule has 1 N–H and O–H groups in total. The van der Waals surface area contributed by atoms with Crippen LogP contribution < -0.4 is 34.4 Å². The van der Waals surface area contributed by atoms with Crippen LogP contribution in [0.15, 0.2) is 88.3 Å². The van der Waals surface area contributed by atoms with Gasteiger partial charge in [-0.05, 0) is 96.5 Å². The Hall–Kier alpha value is -4.16. The van der Waals surface area contributed by atoms with Gasteiger partial charge >= 0.3 is 0 Å². The number of hydrogen-bond donors (Lipinski definition) is 1. The lowest BCUT2D eigenvalue weighted by Gasteiger charge is -2.25. The molecule has 0 fully saturated rings. The number of aromatic nitrogens is 1. The van der Waals surface area contributed by atoms with Crippen molar-refractivity contribution < 1.29 is 19.0 Å². The van der Waals surface area contributed by atoms with E-state index in [4.69, 9.17) is 19.2 Å². The number of allylic oxidation sites excluding steroid dienone is 1. The lowest BCUT2D eigenvalue weighted by Crippen LogP contribution is -2.40. The van der Waals surface area contributed by atoms with Crippen LogP contribution in [-0.2, 0) is 4.79 Å². The first kappa shape index (κ1) is 31.3. The zero-order chi connectivity index (χ0) is 31.5. The number of benzene rings is 3. The van der Waals surface area contributed by atoms with Gasteiger partial charge in [-0.1, -0.05) is 53.8 Å². The second kappa shape index (κ2) is 13.2. The fourth-order valence-electron chi connectivity index (χ4n) is 5.11. The number of hydrogen-bond acceptors (Lipinski definition) is 7. The lowest BCUT2D eigenvalue weighted by atomic mass is 9.95. The van der Waals surface area contributed by atoms with Gasteiger partial charge in [0.25, 0.3) is 11.5 Å². The molecule has 0 aliphatic carbocycles. The molecule has 4 aromatic rings. The standard InChI is InChI=1S/C34H32IN3O5S/c1-7-14-43-31-25(35)16-22(17-27(31)42-6)18-28-33(40)38-30(23-9-11-24(41-5)12-10-23)29(21(4)36-34(38)44-28)32(39)37-26-13-8-19(2)15-20(26)3/h7-13,15-18,30H,1,14H2,2-6H3,(H,37,39)/b28-18-/t30-/m1/s1. The van der Waals surface area contributed by atoms with E-state index in [0.717, 1.165) is 25.8 Å². The number of carbonyl (C=O) groups is 1. The summed E-state index contributed by atoms with van der Waals surface area (Å²) in [6.07, 6.45) is 3.48. The van der Waals surface area contributed by atoms with Crippen LogP contribution in [0.4, 0.5) is 5.69 Å². The third-order valence-corrected chi connectivity index (χ3v) is 9.01. The zero-order valence-corrected chi connectivity index (χ0v) is 28.0. The van der Waals surface area contributed by atoms with E-state index in [1.165, 1.54) is 11.3 Å². The molecule has 3 aromatic carbocycles. The summed E-state index contributed by atoms with van der Waals surface area (Å²) in [5.41, 5.74) is 4.97. The molecule has 5 rings (SSSR count). The summed E-state index contributed by atoms with van der Waals surface area (Å²) in [4.78, 5) is 33.3. The molecule has 0 radical (unpaired) electrons. The van der Waals surface area contributed by atoms with Crippen LogP contribution in [0.2, 0.25) is 0 Å². The summed E-state index contributed by atoms with van der Waals surface area (Å²) >= 11 is 3.46. The predicted molar refractivity (Wildman–Crippen MR) is 183 cm³/mol. The van der Waals surface area contributed by atoms with Crippen molar-refractivity contribution in [3.05, 3.63) is 124 Å². The highest BCUT2D eigenvalue weighted by Gasteiger charge is 2.32. The Bertz CT molecular complexity index is 1980. The summed E-state index contributed by atoms with van der Waals surface area (Å²) in [6, 6.07) is 16.3. The number of nitrogens with one attached hydrogen (secondary N) is 1. The minimum absolute atomic E-state index is 0.250. The number of anilines is 1. The minimum Gasteiger partial charge on any atom is -0.497 e. The van der Waals surface area contributed by atoms with Gasteiger partial charge in [0, 0.05) is 5.69 Å². The number of halogens is 1. The van der Waals surface area contributed by atoms with Crippen LogP contribution in [0.1, 0.15) is 35.2 Å². The van der Waals surface area contributed by atoms with Gasteiger partial charge in [-0.3, -0.25) is 14.2 Å². The molecule has 0 saturated heterocycles. The average Bonchev–Trinajstić information content (AvgIpc) is 3.30. The van der Waals surface area contributed by atoms with Crippen molar-refractivity contribution in [1.29, 1.82) is 0 Å². The molecule has 8 nitrogen and oxygen atoms in total. The highest BCUT2D eigenvalue weighted by Crippen LogP contribution is 2.35. The van der Waals surface area contributed by atoms with Crippen molar-refractivity contribution in [3.63, 3.8) is 0 Å². The maximum Gasteiger partial charge on any atom is 0.271 e. The van der Waals surface area contributed by atoms with Gasteiger partial charge in [0.1, 0.15) is 12.4 Å². The summed E-state index contributed by atoms with van der Waals surface area (Å²) in [5.74, 6) is 1.52. The van der Waals surface area contributed by atoms with E-state index >= 15 is 0 Å². The van der Waals surface area contributed by atoms with Crippen LogP contribution in [0.5, 0.6) is 17.2 Å². The van der Waals surface area contributed by atoms with Crippen molar-refractivity contribution >= 4 is 51.6 Å². The summed E-state index contributed by atoms with van der Waals surface area (Å²) in [6.45, 7) is 9.81. The normalized spacial score (nSPS) is 14.5. The van der Waals surface area contributed by atoms with Crippen LogP contribution in [-0.4, -0.2) is 31.3 Å². The van der Waals surface area contributed by atoms with E-state index in [1.807, 2.05) is 74.5 Å². The molecule has 1 aromatic heterocycles. The van der Waals surface area contributed by atoms with Crippen molar-refractivity contribution in [3.8, 4) is 17.2 Å². The van der Waals surface area contributed by atoms with Gasteiger partial charge in [-0.2, -0.15) is 0 Å². The van der Waals surface area contributed by atoms with Crippen LogP contribution >= 0.6 is 33.9 Å². The van der Waals surface area contributed by atoms with E-state index in [2.05, 4.69) is 34.5 Å². The molecule has 226 valence electrons. The first-order chi connectivity index (χ1) is 21.1. The average molecular weight is 722 g/mol. The largest absolute Gasteiger partial charge is 0.497 e. The van der Waals surface area contributed by atoms with E-state index in [1.54, 1.807) is 31.8 Å². The van der Waals surface area contributed by atoms with Crippen LogP contribution in [0.25, 0.3) is 6.08 Å². The van der Waals surface area contributed by atoms with E-state index < -0.39 is 6.04 Å². The number of rotatable bonds is 9. The predicted octanol–water partition coefficient (Wildman–Crippen LogP) is 5.68. The Morgan fingerprint density at radius 1 is 1.09 bits per heavy atom. The maximum atomic E-state index is 14.1. The van der Waals surface area contributed by atoms with Crippen molar-refractivity contribution in [1.82, 2.24) is 4.57 Å². The Morgan fingerprint density at radius 2 is 1.84 bits per heavy atom. The van der Waals surface area contributed by atoms with Gasteiger partial charge in [0.15, 0.2) is 16.3 Å². The Kier molecular flexibility index (Phi) is 9.40. The number of thiazole rings is 1. The number of amides is 1. The van der Waals surface area contributed by atoms with Crippen molar-refractivity contribution in [2.24, 2.45) is 4.99 Å². The Morgan fingerprint density at radius 3 is 2.50 bits per heavy atom. The maximum absolute atomic E-state index is 14.1. The minimum atomic E-state index is -0.700. The first-order valence-corrected chi connectivity index (χ1v) is 15.7. The number of carbonyl (C=O) groups excluding carboxylic acids is 1. The molecule has 10 heteroatoms. The summed E-state index contributed by atoms with van der Waals surface area (Å²) in [5, 5.41) is 3.06. The molecule has 1 atom stereocenters. The molecule has 0 bridgehead atoms. The highest BCUT2D eigenvalue weighted by atomic mass is 127. The Labute approximate surface area is 273 Å². The van der Waals surface area contributed by atoms with Gasteiger partial charge in [0.05, 0.1) is 39.6 Å². The summed E-state index contributed by atoms with van der Waals surface area (Å²) in [7, 11) is 3.17. The third-order valence-electron chi connectivity index (χ3n) is 7.22. The monoisotopic (exact) mass is 721 g/mol. The molecular formula is C34H32IN3O5S. The number of nitrogens with zero attached hydrogens (tertiary/aromatic N) is 2. The molecular weight excluding hydrogens is 689 g/mol. The molecule has 2 heterocycles. The van der Waals surface area contributed by atoms with E-state index in [-0.39, 0.29) is 11.5 Å². The van der Waals surface area contributed by atoms with Gasteiger partial charge in [-0.15, -0.1) is 0 Å². The first-order valence-electron chi connectivity index (χ1n) is 13.8. The molecule has 1 aliphatic heterocycles. The van der Waals surface area contributed by atoms with Crippen molar-refractivity contribution in [2.75, 3.05) is 26.1 Å². The molecule has 44 heavy (non-hydrogen) atoms. The highest BCUT2D eigenvalue weighted by molar-refractivity contribution is 14.1. The van der Waals surface area contributed by atoms with Gasteiger partial charge < -0.3 is 19.5 Å². The molecule has 0 saturated carbocycles. The topological polar surface area (TPSA) is 91.2 Å². The number of methoxy groups -OCH3 is 2. The van der Waals surface area contributed by atoms with Crippen LogP contribution in [0.3, 0.4) is 0 Å². The van der Waals surface area contributed by atoms with Gasteiger partial charge in [0.2, 0.25) is 0 Å².